The van der Waals surface area contributed by atoms with E-state index in [4.69, 9.17) is 4.74 Å². The van der Waals surface area contributed by atoms with Crippen molar-refractivity contribution in [2.75, 3.05) is 19.7 Å². The van der Waals surface area contributed by atoms with Crippen LogP contribution in [0.15, 0.2) is 48.5 Å². The van der Waals surface area contributed by atoms with Crippen molar-refractivity contribution in [3.63, 3.8) is 0 Å². The zero-order valence-electron chi connectivity index (χ0n) is 15.4. The van der Waals surface area contributed by atoms with Gasteiger partial charge in [0.25, 0.3) is 0 Å². The predicted molar refractivity (Wildman–Crippen MR) is 103 cm³/mol. The Labute approximate surface area is 155 Å². The van der Waals surface area contributed by atoms with Gasteiger partial charge in [-0.15, -0.1) is 0 Å². The highest BCUT2D eigenvalue weighted by atomic mass is 16.6. The summed E-state index contributed by atoms with van der Waals surface area (Å²) in [6.07, 6.45) is 0.819. The number of benzene rings is 2. The lowest BCUT2D eigenvalue weighted by atomic mass is 9.98. The third-order valence-electron chi connectivity index (χ3n) is 5.71. The summed E-state index contributed by atoms with van der Waals surface area (Å²) in [4.78, 5) is 14.6. The third-order valence-corrected chi connectivity index (χ3v) is 5.71. The number of nitrogens with zero attached hydrogens (tertiary/aromatic N) is 1. The van der Waals surface area contributed by atoms with Crippen LogP contribution in [0.3, 0.4) is 0 Å². The lowest BCUT2D eigenvalue weighted by Gasteiger charge is -2.37. The number of carbonyl (C=O) groups excluding carboxylic acids is 1. The van der Waals surface area contributed by atoms with Crippen LogP contribution in [0.2, 0.25) is 0 Å². The van der Waals surface area contributed by atoms with Crippen LogP contribution in [0.1, 0.15) is 37.3 Å². The van der Waals surface area contributed by atoms with Crippen LogP contribution in [0.25, 0.3) is 11.1 Å². The van der Waals surface area contributed by atoms with E-state index in [9.17, 15) is 4.79 Å². The fourth-order valence-corrected chi connectivity index (χ4v) is 4.13. The molecule has 2 aliphatic rings. The molecule has 1 aliphatic carbocycles. The molecule has 0 saturated carbocycles. The standard InChI is InChI=1S/C22H26N2O2/c1-3-16-13-24(15(2)12-23-16)22(25)26-14-21-19-10-6-4-8-17(19)18-9-5-7-11-20(18)21/h4-11,15-16,21,23H,3,12-14H2,1-2H3/t15-,16-/m1/s1. The van der Waals surface area contributed by atoms with Crippen molar-refractivity contribution in [2.24, 2.45) is 0 Å². The van der Waals surface area contributed by atoms with Crippen molar-refractivity contribution < 1.29 is 9.53 Å². The Morgan fingerprint density at radius 1 is 1.12 bits per heavy atom. The number of amides is 1. The second-order valence-electron chi connectivity index (χ2n) is 7.32. The fraction of sp³-hybridized carbons (Fsp3) is 0.409. The second-order valence-corrected chi connectivity index (χ2v) is 7.32. The van der Waals surface area contributed by atoms with E-state index in [-0.39, 0.29) is 18.1 Å². The van der Waals surface area contributed by atoms with Crippen LogP contribution in [-0.4, -0.2) is 42.8 Å². The van der Waals surface area contributed by atoms with E-state index in [1.54, 1.807) is 0 Å². The normalized spacial score (nSPS) is 22.0. The molecular weight excluding hydrogens is 324 g/mol. The summed E-state index contributed by atoms with van der Waals surface area (Å²) < 4.78 is 5.80. The molecule has 0 spiro atoms. The van der Waals surface area contributed by atoms with Gasteiger partial charge in [0.05, 0.1) is 0 Å². The molecule has 0 bridgehead atoms. The molecule has 1 saturated heterocycles. The summed E-state index contributed by atoms with van der Waals surface area (Å²) >= 11 is 0. The van der Waals surface area contributed by atoms with Crippen LogP contribution in [0.5, 0.6) is 0 Å². The number of fused-ring (bicyclic) bond motifs is 3. The first-order valence-corrected chi connectivity index (χ1v) is 9.54. The summed E-state index contributed by atoms with van der Waals surface area (Å²) in [5, 5.41) is 3.48. The van der Waals surface area contributed by atoms with Gasteiger partial charge in [0.1, 0.15) is 6.61 Å². The van der Waals surface area contributed by atoms with Crippen LogP contribution >= 0.6 is 0 Å². The molecule has 26 heavy (non-hydrogen) atoms. The molecule has 0 aromatic heterocycles. The number of carbonyl (C=O) groups is 1. The monoisotopic (exact) mass is 350 g/mol. The quantitative estimate of drug-likeness (QED) is 0.909. The molecule has 1 heterocycles. The van der Waals surface area contributed by atoms with E-state index < -0.39 is 0 Å². The Morgan fingerprint density at radius 3 is 2.35 bits per heavy atom. The first-order valence-electron chi connectivity index (χ1n) is 9.54. The molecule has 136 valence electrons. The lowest BCUT2D eigenvalue weighted by Crippen LogP contribution is -2.57. The lowest BCUT2D eigenvalue weighted by molar-refractivity contribution is 0.0697. The van der Waals surface area contributed by atoms with Gasteiger partial charge in [0, 0.05) is 31.1 Å². The minimum atomic E-state index is -0.195. The van der Waals surface area contributed by atoms with Gasteiger partial charge >= 0.3 is 6.09 Å². The SMILES string of the molecule is CC[C@@H]1CN(C(=O)OCC2c3ccccc3-c3ccccc32)[C@H](C)CN1. The van der Waals surface area contributed by atoms with Gasteiger partial charge < -0.3 is 15.0 Å². The first-order chi connectivity index (χ1) is 12.7. The average molecular weight is 350 g/mol. The van der Waals surface area contributed by atoms with Crippen molar-refractivity contribution in [1.82, 2.24) is 10.2 Å². The molecule has 2 atom stereocenters. The van der Waals surface area contributed by atoms with Crippen molar-refractivity contribution in [3.8, 4) is 11.1 Å². The number of hydrogen-bond donors (Lipinski definition) is 1. The van der Waals surface area contributed by atoms with E-state index in [1.165, 1.54) is 22.3 Å². The van der Waals surface area contributed by atoms with Crippen LogP contribution in [0, 0.1) is 0 Å². The highest BCUT2D eigenvalue weighted by Crippen LogP contribution is 2.44. The molecule has 0 radical (unpaired) electrons. The molecule has 1 aliphatic heterocycles. The van der Waals surface area contributed by atoms with Crippen LogP contribution in [-0.2, 0) is 4.74 Å². The maximum atomic E-state index is 12.7. The van der Waals surface area contributed by atoms with Gasteiger partial charge in [0.15, 0.2) is 0 Å². The fourth-order valence-electron chi connectivity index (χ4n) is 4.13. The van der Waals surface area contributed by atoms with Gasteiger partial charge in [-0.05, 0) is 35.6 Å². The molecule has 2 aromatic rings. The summed E-state index contributed by atoms with van der Waals surface area (Å²) in [7, 11) is 0. The number of hydrogen-bond acceptors (Lipinski definition) is 3. The van der Waals surface area contributed by atoms with Gasteiger partial charge in [0.2, 0.25) is 0 Å². The smallest absolute Gasteiger partial charge is 0.410 e. The van der Waals surface area contributed by atoms with Crippen LogP contribution < -0.4 is 5.32 Å². The van der Waals surface area contributed by atoms with E-state index in [1.807, 2.05) is 4.90 Å². The van der Waals surface area contributed by atoms with E-state index in [0.717, 1.165) is 13.0 Å². The maximum Gasteiger partial charge on any atom is 0.410 e. The zero-order valence-corrected chi connectivity index (χ0v) is 15.4. The molecule has 0 unspecified atom stereocenters. The Kier molecular flexibility index (Phi) is 4.68. The Morgan fingerprint density at radius 2 is 1.73 bits per heavy atom. The van der Waals surface area contributed by atoms with Gasteiger partial charge in [-0.25, -0.2) is 4.79 Å². The summed E-state index contributed by atoms with van der Waals surface area (Å²) in [6.45, 7) is 6.14. The molecule has 1 N–H and O–H groups in total. The summed E-state index contributed by atoms with van der Waals surface area (Å²) in [5.74, 6) is 0.117. The topological polar surface area (TPSA) is 41.6 Å². The summed E-state index contributed by atoms with van der Waals surface area (Å²) in [5.41, 5.74) is 5.01. The van der Waals surface area contributed by atoms with Crippen molar-refractivity contribution in [3.05, 3.63) is 59.7 Å². The highest BCUT2D eigenvalue weighted by molar-refractivity contribution is 5.79. The number of piperazine rings is 1. The van der Waals surface area contributed by atoms with Gasteiger partial charge in [-0.3, -0.25) is 0 Å². The maximum absolute atomic E-state index is 12.7. The van der Waals surface area contributed by atoms with E-state index in [2.05, 4.69) is 67.7 Å². The van der Waals surface area contributed by atoms with Crippen molar-refractivity contribution in [2.45, 2.75) is 38.3 Å². The number of nitrogens with one attached hydrogen (secondary N) is 1. The zero-order chi connectivity index (χ0) is 18.1. The first kappa shape index (κ1) is 17.1. The molecule has 1 amide bonds. The largest absolute Gasteiger partial charge is 0.448 e. The van der Waals surface area contributed by atoms with E-state index >= 15 is 0 Å². The predicted octanol–water partition coefficient (Wildman–Crippen LogP) is 4.01. The minimum Gasteiger partial charge on any atom is -0.448 e. The second kappa shape index (κ2) is 7.12. The van der Waals surface area contributed by atoms with Gasteiger partial charge in [-0.1, -0.05) is 55.5 Å². The summed E-state index contributed by atoms with van der Waals surface area (Å²) in [6, 6.07) is 17.4. The third kappa shape index (κ3) is 2.99. The molecule has 4 nitrogen and oxygen atoms in total. The van der Waals surface area contributed by atoms with Crippen molar-refractivity contribution in [1.29, 1.82) is 0 Å². The molecule has 2 aromatic carbocycles. The minimum absolute atomic E-state index is 0.117. The van der Waals surface area contributed by atoms with E-state index in [0.29, 0.717) is 19.2 Å². The molecular formula is C22H26N2O2. The van der Waals surface area contributed by atoms with Gasteiger partial charge in [-0.2, -0.15) is 0 Å². The molecule has 4 heteroatoms. The Hall–Kier alpha value is -2.33. The Bertz CT molecular complexity index is 759. The van der Waals surface area contributed by atoms with Crippen LogP contribution in [0.4, 0.5) is 4.79 Å². The Balaban J connectivity index is 1.50. The number of ether oxygens (including phenoxy) is 1. The molecule has 1 fully saturated rings. The average Bonchev–Trinajstić information content (AvgIpc) is 3.00. The molecule has 4 rings (SSSR count). The number of rotatable bonds is 3. The van der Waals surface area contributed by atoms with Crippen molar-refractivity contribution >= 4 is 6.09 Å². The highest BCUT2D eigenvalue weighted by Gasteiger charge is 2.32.